The van der Waals surface area contributed by atoms with E-state index in [0.717, 1.165) is 27.5 Å². The Hall–Kier alpha value is -0.930. The smallest absolute Gasteiger partial charge is 0.0706 e. The van der Waals surface area contributed by atoms with Gasteiger partial charge in [-0.05, 0) is 30.8 Å². The number of halogens is 1. The lowest BCUT2D eigenvalue weighted by atomic mass is 10.2. The van der Waals surface area contributed by atoms with E-state index in [1.54, 1.807) is 0 Å². The molecule has 3 heteroatoms. The fraction of sp³-hybridized carbons (Fsp3) is 0.182. The van der Waals surface area contributed by atoms with E-state index in [2.05, 4.69) is 33.0 Å². The van der Waals surface area contributed by atoms with Crippen LogP contribution in [0.1, 0.15) is 5.69 Å². The van der Waals surface area contributed by atoms with E-state index >= 15 is 0 Å². The van der Waals surface area contributed by atoms with Gasteiger partial charge < -0.3 is 5.73 Å². The van der Waals surface area contributed by atoms with Gasteiger partial charge in [0.25, 0.3) is 0 Å². The number of nitrogens with zero attached hydrogens (tertiary/aromatic N) is 1. The highest BCUT2D eigenvalue weighted by atomic mass is 79.9. The van der Waals surface area contributed by atoms with Crippen LogP contribution < -0.4 is 5.73 Å². The first-order valence-corrected chi connectivity index (χ1v) is 5.34. The molecule has 72 valence electrons. The summed E-state index contributed by atoms with van der Waals surface area (Å²) in [5, 5.41) is 1.15. The van der Waals surface area contributed by atoms with E-state index in [1.807, 2.05) is 18.2 Å². The predicted molar refractivity (Wildman–Crippen MR) is 62.2 cm³/mol. The molecule has 0 fully saturated rings. The first kappa shape index (κ1) is 9.62. The minimum atomic E-state index is 0.648. The summed E-state index contributed by atoms with van der Waals surface area (Å²) in [6, 6.07) is 10.2. The molecule has 0 unspecified atom stereocenters. The number of hydrogen-bond donors (Lipinski definition) is 1. The Morgan fingerprint density at radius 3 is 2.86 bits per heavy atom. The van der Waals surface area contributed by atoms with Gasteiger partial charge in [-0.25, -0.2) is 0 Å². The molecule has 14 heavy (non-hydrogen) atoms. The lowest BCUT2D eigenvalue weighted by Gasteiger charge is -2.01. The SMILES string of the molecule is NCCc1ccc2cc(Br)ccc2n1. The Morgan fingerprint density at radius 2 is 2.07 bits per heavy atom. The molecule has 0 amide bonds. The van der Waals surface area contributed by atoms with Gasteiger partial charge in [-0.15, -0.1) is 0 Å². The van der Waals surface area contributed by atoms with Crippen molar-refractivity contribution in [3.05, 3.63) is 40.5 Å². The summed E-state index contributed by atoms with van der Waals surface area (Å²) in [6.45, 7) is 0.648. The maximum atomic E-state index is 5.48. The molecule has 0 aliphatic carbocycles. The number of rotatable bonds is 2. The van der Waals surface area contributed by atoms with Crippen molar-refractivity contribution in [2.75, 3.05) is 6.54 Å². The molecule has 0 atom stereocenters. The molecule has 1 aromatic heterocycles. The normalized spacial score (nSPS) is 10.7. The lowest BCUT2D eigenvalue weighted by Crippen LogP contribution is -2.04. The fourth-order valence-corrected chi connectivity index (χ4v) is 1.80. The van der Waals surface area contributed by atoms with Gasteiger partial charge in [0.05, 0.1) is 5.52 Å². The van der Waals surface area contributed by atoms with Crippen molar-refractivity contribution < 1.29 is 0 Å². The Bertz CT molecular complexity index is 454. The van der Waals surface area contributed by atoms with Gasteiger partial charge in [0.15, 0.2) is 0 Å². The first-order chi connectivity index (χ1) is 6.79. The van der Waals surface area contributed by atoms with Crippen LogP contribution in [0.3, 0.4) is 0 Å². The fourth-order valence-electron chi connectivity index (χ4n) is 1.43. The molecule has 0 aliphatic heterocycles. The van der Waals surface area contributed by atoms with Crippen molar-refractivity contribution in [2.45, 2.75) is 6.42 Å². The lowest BCUT2D eigenvalue weighted by molar-refractivity contribution is 0.932. The van der Waals surface area contributed by atoms with Crippen molar-refractivity contribution >= 4 is 26.8 Å². The Morgan fingerprint density at radius 1 is 1.21 bits per heavy atom. The van der Waals surface area contributed by atoms with Crippen molar-refractivity contribution in [3.63, 3.8) is 0 Å². The van der Waals surface area contributed by atoms with E-state index in [4.69, 9.17) is 5.73 Å². The van der Waals surface area contributed by atoms with Crippen LogP contribution in [0.25, 0.3) is 10.9 Å². The van der Waals surface area contributed by atoms with Gasteiger partial charge in [-0.1, -0.05) is 22.0 Å². The molecule has 0 spiro atoms. The molecule has 1 aromatic carbocycles. The molecule has 2 nitrogen and oxygen atoms in total. The third-order valence-electron chi connectivity index (χ3n) is 2.11. The third kappa shape index (κ3) is 1.94. The Labute approximate surface area is 91.3 Å². The number of fused-ring (bicyclic) bond motifs is 1. The monoisotopic (exact) mass is 250 g/mol. The summed E-state index contributed by atoms with van der Waals surface area (Å²) in [4.78, 5) is 4.51. The molecule has 2 aromatic rings. The summed E-state index contributed by atoms with van der Waals surface area (Å²) in [7, 11) is 0. The van der Waals surface area contributed by atoms with Crippen LogP contribution in [-0.4, -0.2) is 11.5 Å². The van der Waals surface area contributed by atoms with E-state index in [-0.39, 0.29) is 0 Å². The minimum Gasteiger partial charge on any atom is -0.330 e. The van der Waals surface area contributed by atoms with Crippen LogP contribution in [0.2, 0.25) is 0 Å². The van der Waals surface area contributed by atoms with Crippen molar-refractivity contribution in [1.82, 2.24) is 4.98 Å². The summed E-state index contributed by atoms with van der Waals surface area (Å²) < 4.78 is 1.08. The highest BCUT2D eigenvalue weighted by Crippen LogP contribution is 2.18. The predicted octanol–water partition coefficient (Wildman–Crippen LogP) is 2.50. The molecular formula is C11H11BrN2. The zero-order valence-electron chi connectivity index (χ0n) is 7.70. The van der Waals surface area contributed by atoms with E-state index < -0.39 is 0 Å². The highest BCUT2D eigenvalue weighted by molar-refractivity contribution is 9.10. The van der Waals surface area contributed by atoms with Gasteiger partial charge in [0.1, 0.15) is 0 Å². The van der Waals surface area contributed by atoms with Gasteiger partial charge in [0.2, 0.25) is 0 Å². The summed E-state index contributed by atoms with van der Waals surface area (Å²) >= 11 is 3.43. The number of nitrogens with two attached hydrogens (primary N) is 1. The molecule has 0 saturated heterocycles. The van der Waals surface area contributed by atoms with Gasteiger partial charge in [-0.2, -0.15) is 0 Å². The van der Waals surface area contributed by atoms with Crippen molar-refractivity contribution in [2.24, 2.45) is 5.73 Å². The molecule has 2 N–H and O–H groups in total. The number of aromatic nitrogens is 1. The molecule has 0 radical (unpaired) electrons. The quantitative estimate of drug-likeness (QED) is 0.890. The summed E-state index contributed by atoms with van der Waals surface area (Å²) in [6.07, 6.45) is 0.839. The highest BCUT2D eigenvalue weighted by Gasteiger charge is 1.98. The topological polar surface area (TPSA) is 38.9 Å². The van der Waals surface area contributed by atoms with Crippen LogP contribution in [0.15, 0.2) is 34.8 Å². The Kier molecular flexibility index (Phi) is 2.79. The molecule has 0 bridgehead atoms. The average Bonchev–Trinajstić information content (AvgIpc) is 2.19. The van der Waals surface area contributed by atoms with E-state index in [1.165, 1.54) is 0 Å². The number of hydrogen-bond acceptors (Lipinski definition) is 2. The molecule has 2 rings (SSSR count). The second-order valence-electron chi connectivity index (χ2n) is 3.18. The van der Waals surface area contributed by atoms with Crippen LogP contribution in [0.5, 0.6) is 0 Å². The number of pyridine rings is 1. The molecular weight excluding hydrogens is 240 g/mol. The zero-order chi connectivity index (χ0) is 9.97. The van der Waals surface area contributed by atoms with Crippen LogP contribution in [0.4, 0.5) is 0 Å². The molecule has 0 aliphatic rings. The Balaban J connectivity index is 2.50. The van der Waals surface area contributed by atoms with Crippen molar-refractivity contribution in [3.8, 4) is 0 Å². The maximum Gasteiger partial charge on any atom is 0.0706 e. The largest absolute Gasteiger partial charge is 0.330 e. The van der Waals surface area contributed by atoms with Gasteiger partial charge >= 0.3 is 0 Å². The van der Waals surface area contributed by atoms with E-state index in [9.17, 15) is 0 Å². The summed E-state index contributed by atoms with van der Waals surface area (Å²) in [5.41, 5.74) is 7.57. The van der Waals surface area contributed by atoms with Crippen LogP contribution in [0, 0.1) is 0 Å². The maximum absolute atomic E-state index is 5.48. The average molecular weight is 251 g/mol. The molecule has 0 saturated carbocycles. The standard InChI is InChI=1S/C11H11BrN2/c12-9-2-4-11-8(7-9)1-3-10(14-11)5-6-13/h1-4,7H,5-6,13H2. The van der Waals surface area contributed by atoms with Gasteiger partial charge in [0, 0.05) is 22.0 Å². The van der Waals surface area contributed by atoms with E-state index in [0.29, 0.717) is 6.54 Å². The van der Waals surface area contributed by atoms with Crippen LogP contribution in [-0.2, 0) is 6.42 Å². The minimum absolute atomic E-state index is 0.648. The second kappa shape index (κ2) is 4.07. The van der Waals surface area contributed by atoms with Crippen molar-refractivity contribution in [1.29, 1.82) is 0 Å². The number of benzene rings is 1. The second-order valence-corrected chi connectivity index (χ2v) is 4.09. The van der Waals surface area contributed by atoms with Gasteiger partial charge in [-0.3, -0.25) is 4.98 Å². The zero-order valence-corrected chi connectivity index (χ0v) is 9.29. The van der Waals surface area contributed by atoms with Crippen LogP contribution >= 0.6 is 15.9 Å². The first-order valence-electron chi connectivity index (χ1n) is 4.55. The third-order valence-corrected chi connectivity index (χ3v) is 2.60. The summed E-state index contributed by atoms with van der Waals surface area (Å²) in [5.74, 6) is 0. The molecule has 1 heterocycles.